The Labute approximate surface area is 115 Å². The van der Waals surface area contributed by atoms with Crippen molar-refractivity contribution in [3.05, 3.63) is 29.2 Å². The van der Waals surface area contributed by atoms with Crippen molar-refractivity contribution in [1.82, 2.24) is 0 Å². The van der Waals surface area contributed by atoms with E-state index >= 15 is 0 Å². The number of aryl methyl sites for hydroxylation is 2. The van der Waals surface area contributed by atoms with E-state index in [1.807, 2.05) is 19.9 Å². The summed E-state index contributed by atoms with van der Waals surface area (Å²) in [5, 5.41) is 8.50. The second kappa shape index (κ2) is 8.57. The molecule has 0 fully saturated rings. The molecule has 0 aliphatic heterocycles. The lowest BCUT2D eigenvalue weighted by Gasteiger charge is -1.98. The van der Waals surface area contributed by atoms with Crippen LogP contribution in [0.15, 0.2) is 16.6 Å². The first-order chi connectivity index (χ1) is 9.09. The van der Waals surface area contributed by atoms with E-state index in [2.05, 4.69) is 12.1 Å². The van der Waals surface area contributed by atoms with Crippen molar-refractivity contribution in [2.45, 2.75) is 58.8 Å². The van der Waals surface area contributed by atoms with Crippen LogP contribution in [0.1, 0.15) is 62.0 Å². The molecule has 0 bridgehead atoms. The molecule has 0 saturated heterocycles. The average molecular weight is 264 g/mol. The van der Waals surface area contributed by atoms with Crippen LogP contribution < -0.4 is 0 Å². The summed E-state index contributed by atoms with van der Waals surface area (Å²) in [5.74, 6) is 1.22. The SMILES string of the molecule is Cc1cc(/C=C\CCCCCCCC(=O)O)oc1C. The van der Waals surface area contributed by atoms with Gasteiger partial charge in [0, 0.05) is 6.42 Å². The highest BCUT2D eigenvalue weighted by Gasteiger charge is 1.99. The second-order valence-electron chi connectivity index (χ2n) is 4.99. The van der Waals surface area contributed by atoms with Gasteiger partial charge in [0.2, 0.25) is 0 Å². The van der Waals surface area contributed by atoms with E-state index in [0.29, 0.717) is 6.42 Å². The molecule has 0 unspecified atom stereocenters. The number of hydrogen-bond donors (Lipinski definition) is 1. The summed E-state index contributed by atoms with van der Waals surface area (Å²) in [5.41, 5.74) is 1.19. The minimum Gasteiger partial charge on any atom is -0.481 e. The number of carboxylic acids is 1. The van der Waals surface area contributed by atoms with Gasteiger partial charge in [-0.1, -0.05) is 25.3 Å². The molecule has 0 atom stereocenters. The van der Waals surface area contributed by atoms with Crippen LogP contribution in [-0.4, -0.2) is 11.1 Å². The molecule has 3 heteroatoms. The zero-order chi connectivity index (χ0) is 14.1. The Hall–Kier alpha value is -1.51. The van der Waals surface area contributed by atoms with Gasteiger partial charge >= 0.3 is 5.97 Å². The Balaban J connectivity index is 2.03. The Bertz CT molecular complexity index is 396. The molecule has 1 heterocycles. The van der Waals surface area contributed by atoms with Crippen molar-refractivity contribution in [1.29, 1.82) is 0 Å². The first-order valence-corrected chi connectivity index (χ1v) is 7.05. The van der Waals surface area contributed by atoms with Gasteiger partial charge in [0.25, 0.3) is 0 Å². The summed E-state index contributed by atoms with van der Waals surface area (Å²) in [6.45, 7) is 4.02. The highest BCUT2D eigenvalue weighted by Crippen LogP contribution is 2.15. The lowest BCUT2D eigenvalue weighted by molar-refractivity contribution is -0.137. The molecule has 0 saturated carbocycles. The minimum absolute atomic E-state index is 0.303. The van der Waals surface area contributed by atoms with E-state index in [0.717, 1.165) is 43.6 Å². The van der Waals surface area contributed by atoms with Gasteiger partial charge in [0.1, 0.15) is 11.5 Å². The van der Waals surface area contributed by atoms with Crippen molar-refractivity contribution in [3.63, 3.8) is 0 Å². The van der Waals surface area contributed by atoms with Crippen LogP contribution in [0.2, 0.25) is 0 Å². The average Bonchev–Trinajstić information content (AvgIpc) is 2.66. The van der Waals surface area contributed by atoms with Crippen LogP contribution in [0, 0.1) is 13.8 Å². The quantitative estimate of drug-likeness (QED) is 0.656. The lowest BCUT2D eigenvalue weighted by atomic mass is 10.1. The van der Waals surface area contributed by atoms with Crippen molar-refractivity contribution in [2.75, 3.05) is 0 Å². The molecule has 1 aromatic heterocycles. The number of carboxylic acid groups (broad SMARTS) is 1. The molecule has 0 radical (unpaired) electrons. The first kappa shape index (κ1) is 15.5. The van der Waals surface area contributed by atoms with Crippen LogP contribution >= 0.6 is 0 Å². The van der Waals surface area contributed by atoms with Gasteiger partial charge in [0.15, 0.2) is 0 Å². The fourth-order valence-electron chi connectivity index (χ4n) is 1.95. The molecule has 19 heavy (non-hydrogen) atoms. The summed E-state index contributed by atoms with van der Waals surface area (Å²) in [6.07, 6.45) is 10.8. The third-order valence-corrected chi connectivity index (χ3v) is 3.23. The zero-order valence-corrected chi connectivity index (χ0v) is 11.9. The van der Waals surface area contributed by atoms with Gasteiger partial charge in [-0.2, -0.15) is 0 Å². The van der Waals surface area contributed by atoms with Gasteiger partial charge < -0.3 is 9.52 Å². The molecule has 3 nitrogen and oxygen atoms in total. The standard InChI is InChI=1S/C16H24O3/c1-13-12-15(19-14(13)2)10-8-6-4-3-5-7-9-11-16(17)18/h8,10,12H,3-7,9,11H2,1-2H3,(H,17,18)/b10-8-. The minimum atomic E-state index is -0.688. The fourth-order valence-corrected chi connectivity index (χ4v) is 1.95. The van der Waals surface area contributed by atoms with Crippen molar-refractivity contribution >= 4 is 12.0 Å². The summed E-state index contributed by atoms with van der Waals surface area (Å²) in [6, 6.07) is 2.05. The summed E-state index contributed by atoms with van der Waals surface area (Å²) >= 11 is 0. The molecule has 0 aliphatic carbocycles. The molecule has 0 aromatic carbocycles. The van der Waals surface area contributed by atoms with E-state index in [1.165, 1.54) is 12.0 Å². The van der Waals surface area contributed by atoms with Crippen LogP contribution in [0.4, 0.5) is 0 Å². The number of furan rings is 1. The monoisotopic (exact) mass is 264 g/mol. The number of aliphatic carboxylic acids is 1. The van der Waals surface area contributed by atoms with E-state index in [4.69, 9.17) is 9.52 Å². The van der Waals surface area contributed by atoms with Crippen LogP contribution in [0.5, 0.6) is 0 Å². The fraction of sp³-hybridized carbons (Fsp3) is 0.562. The predicted molar refractivity (Wildman–Crippen MR) is 77.2 cm³/mol. The number of rotatable bonds is 9. The maximum absolute atomic E-state index is 10.3. The second-order valence-corrected chi connectivity index (χ2v) is 4.99. The van der Waals surface area contributed by atoms with E-state index in [1.54, 1.807) is 0 Å². The number of hydrogen-bond acceptors (Lipinski definition) is 2. The molecular formula is C16H24O3. The van der Waals surface area contributed by atoms with Crippen molar-refractivity contribution in [2.24, 2.45) is 0 Å². The highest BCUT2D eigenvalue weighted by atomic mass is 16.4. The van der Waals surface area contributed by atoms with Crippen LogP contribution in [0.25, 0.3) is 6.08 Å². The van der Waals surface area contributed by atoms with Crippen molar-refractivity contribution < 1.29 is 14.3 Å². The topological polar surface area (TPSA) is 50.4 Å². The van der Waals surface area contributed by atoms with E-state index in [9.17, 15) is 4.79 Å². The summed E-state index contributed by atoms with van der Waals surface area (Å²) < 4.78 is 5.55. The van der Waals surface area contributed by atoms with Gasteiger partial charge in [-0.05, 0) is 50.8 Å². The summed E-state index contributed by atoms with van der Waals surface area (Å²) in [4.78, 5) is 10.3. The third-order valence-electron chi connectivity index (χ3n) is 3.23. The Morgan fingerprint density at radius 3 is 2.53 bits per heavy atom. The Morgan fingerprint density at radius 2 is 1.89 bits per heavy atom. The van der Waals surface area contributed by atoms with Gasteiger partial charge in [0.05, 0.1) is 0 Å². The molecular weight excluding hydrogens is 240 g/mol. The largest absolute Gasteiger partial charge is 0.481 e. The first-order valence-electron chi connectivity index (χ1n) is 7.05. The molecule has 0 spiro atoms. The molecule has 1 N–H and O–H groups in total. The number of unbranched alkanes of at least 4 members (excludes halogenated alkanes) is 5. The van der Waals surface area contributed by atoms with Crippen molar-refractivity contribution in [3.8, 4) is 0 Å². The zero-order valence-electron chi connectivity index (χ0n) is 11.9. The maximum Gasteiger partial charge on any atom is 0.303 e. The van der Waals surface area contributed by atoms with Crippen LogP contribution in [0.3, 0.4) is 0 Å². The smallest absolute Gasteiger partial charge is 0.303 e. The molecule has 0 aliphatic rings. The predicted octanol–water partition coefficient (Wildman–Crippen LogP) is 4.72. The van der Waals surface area contributed by atoms with E-state index < -0.39 is 5.97 Å². The van der Waals surface area contributed by atoms with Gasteiger partial charge in [-0.15, -0.1) is 0 Å². The Kier molecular flexibility index (Phi) is 7.01. The Morgan fingerprint density at radius 1 is 1.21 bits per heavy atom. The molecule has 1 aromatic rings. The number of carbonyl (C=O) groups is 1. The van der Waals surface area contributed by atoms with Gasteiger partial charge in [-0.3, -0.25) is 4.79 Å². The lowest BCUT2D eigenvalue weighted by Crippen LogP contribution is -1.93. The van der Waals surface area contributed by atoms with E-state index in [-0.39, 0.29) is 0 Å². The highest BCUT2D eigenvalue weighted by molar-refractivity contribution is 5.66. The maximum atomic E-state index is 10.3. The number of allylic oxidation sites excluding steroid dienone is 1. The van der Waals surface area contributed by atoms with Gasteiger partial charge in [-0.25, -0.2) is 0 Å². The summed E-state index contributed by atoms with van der Waals surface area (Å²) in [7, 11) is 0. The third kappa shape index (κ3) is 6.85. The van der Waals surface area contributed by atoms with Crippen LogP contribution in [-0.2, 0) is 4.79 Å². The molecule has 1 rings (SSSR count). The molecule has 0 amide bonds. The molecule has 106 valence electrons. The normalized spacial score (nSPS) is 11.3.